The van der Waals surface area contributed by atoms with Crippen LogP contribution in [0.25, 0.3) is 0 Å². The Morgan fingerprint density at radius 1 is 0.968 bits per heavy atom. The van der Waals surface area contributed by atoms with Gasteiger partial charge in [0.2, 0.25) is 0 Å². The third-order valence-corrected chi connectivity index (χ3v) is 7.34. The van der Waals surface area contributed by atoms with Crippen LogP contribution in [0.4, 0.5) is 0 Å². The SMILES string of the molecule is Cc1cccc(C)c1C1CNC(NC(C)(CN2CCN(C)CC2)N2CCN(C)CC2)=N1. The normalized spacial score (nSPS) is 26.4. The molecule has 2 N–H and O–H groups in total. The molecule has 4 rings (SSSR count). The number of hydrogen-bond donors (Lipinski definition) is 2. The number of guanidine groups is 1. The largest absolute Gasteiger partial charge is 0.354 e. The van der Waals surface area contributed by atoms with Gasteiger partial charge in [0, 0.05) is 65.4 Å². The molecule has 3 aliphatic heterocycles. The molecule has 7 nitrogen and oxygen atoms in total. The smallest absolute Gasteiger partial charge is 0.193 e. The minimum Gasteiger partial charge on any atom is -0.354 e. The van der Waals surface area contributed by atoms with Gasteiger partial charge in [-0.05, 0) is 51.6 Å². The minimum atomic E-state index is -0.140. The average Bonchev–Trinajstić information content (AvgIpc) is 3.17. The van der Waals surface area contributed by atoms with Gasteiger partial charge in [0.05, 0.1) is 6.04 Å². The van der Waals surface area contributed by atoms with E-state index in [2.05, 4.69) is 83.3 Å². The summed E-state index contributed by atoms with van der Waals surface area (Å²) in [4.78, 5) is 15.2. The van der Waals surface area contributed by atoms with Crippen LogP contribution < -0.4 is 10.6 Å². The Balaban J connectivity index is 1.51. The number of aliphatic imine (C=N–C) groups is 1. The lowest BCUT2D eigenvalue weighted by atomic mass is 9.97. The number of benzene rings is 1. The Hall–Kier alpha value is -1.67. The van der Waals surface area contributed by atoms with Gasteiger partial charge in [0.25, 0.3) is 0 Å². The topological polar surface area (TPSA) is 49.4 Å². The minimum absolute atomic E-state index is 0.140. The third kappa shape index (κ3) is 5.22. The van der Waals surface area contributed by atoms with Crippen molar-refractivity contribution < 1.29 is 0 Å². The molecule has 1 aromatic carbocycles. The van der Waals surface area contributed by atoms with Gasteiger partial charge in [-0.15, -0.1) is 0 Å². The fourth-order valence-corrected chi connectivity index (χ4v) is 5.25. The number of likely N-dealkylation sites (N-methyl/N-ethyl adjacent to an activating group) is 2. The second-order valence-corrected chi connectivity index (χ2v) is 9.95. The fraction of sp³-hybridized carbons (Fsp3) is 0.708. The number of piperazine rings is 2. The van der Waals surface area contributed by atoms with Crippen molar-refractivity contribution in [1.29, 1.82) is 0 Å². The average molecular weight is 428 g/mol. The van der Waals surface area contributed by atoms with Crippen LogP contribution in [0.1, 0.15) is 29.7 Å². The molecule has 172 valence electrons. The van der Waals surface area contributed by atoms with Crippen LogP contribution in [0.5, 0.6) is 0 Å². The summed E-state index contributed by atoms with van der Waals surface area (Å²) < 4.78 is 0. The summed E-state index contributed by atoms with van der Waals surface area (Å²) in [6, 6.07) is 6.72. The zero-order chi connectivity index (χ0) is 22.0. The maximum atomic E-state index is 5.11. The summed E-state index contributed by atoms with van der Waals surface area (Å²) >= 11 is 0. The van der Waals surface area contributed by atoms with Crippen LogP contribution in [-0.4, -0.2) is 111 Å². The maximum absolute atomic E-state index is 5.11. The van der Waals surface area contributed by atoms with E-state index in [1.165, 1.54) is 16.7 Å². The molecule has 2 fully saturated rings. The Labute approximate surface area is 188 Å². The van der Waals surface area contributed by atoms with E-state index in [0.717, 1.165) is 71.4 Å². The predicted octanol–water partition coefficient (Wildman–Crippen LogP) is 1.10. The quantitative estimate of drug-likeness (QED) is 0.734. The van der Waals surface area contributed by atoms with Gasteiger partial charge in [0.15, 0.2) is 5.96 Å². The van der Waals surface area contributed by atoms with E-state index in [9.17, 15) is 0 Å². The molecule has 3 heterocycles. The van der Waals surface area contributed by atoms with Gasteiger partial charge in [-0.1, -0.05) is 18.2 Å². The number of nitrogens with one attached hydrogen (secondary N) is 2. The van der Waals surface area contributed by atoms with E-state index in [0.29, 0.717) is 0 Å². The van der Waals surface area contributed by atoms with Crippen molar-refractivity contribution in [2.45, 2.75) is 32.5 Å². The van der Waals surface area contributed by atoms with E-state index in [4.69, 9.17) is 4.99 Å². The number of hydrogen-bond acceptors (Lipinski definition) is 7. The summed E-state index contributed by atoms with van der Waals surface area (Å²) in [5.41, 5.74) is 3.89. The van der Waals surface area contributed by atoms with Gasteiger partial charge in [-0.2, -0.15) is 0 Å². The first-order valence-corrected chi connectivity index (χ1v) is 11.8. The number of rotatable bonds is 5. The highest BCUT2D eigenvalue weighted by Gasteiger charge is 2.38. The number of aryl methyl sites for hydroxylation is 2. The van der Waals surface area contributed by atoms with Crippen molar-refractivity contribution >= 4 is 5.96 Å². The zero-order valence-electron chi connectivity index (χ0n) is 20.1. The summed E-state index contributed by atoms with van der Waals surface area (Å²) in [6.45, 7) is 17.6. The van der Waals surface area contributed by atoms with Gasteiger partial charge < -0.3 is 20.4 Å². The first kappa shape index (κ1) is 22.5. The first-order valence-electron chi connectivity index (χ1n) is 11.8. The monoisotopic (exact) mass is 427 g/mol. The Bertz CT molecular complexity index is 758. The standard InChI is InChI=1S/C24H41N7/c1-19-7-6-8-20(2)22(19)21-17-25-23(26-21)27-24(3,31-15-11-29(5)12-16-31)18-30-13-9-28(4)10-14-30/h6-8,21H,9-18H2,1-5H3,(H2,25,26,27). The molecule has 0 spiro atoms. The molecule has 3 aliphatic rings. The van der Waals surface area contributed by atoms with Crippen molar-refractivity contribution in [1.82, 2.24) is 30.2 Å². The molecule has 0 saturated carbocycles. The molecule has 2 atom stereocenters. The van der Waals surface area contributed by atoms with Crippen LogP contribution in [-0.2, 0) is 0 Å². The van der Waals surface area contributed by atoms with Crippen molar-refractivity contribution in [2.75, 3.05) is 79.5 Å². The molecule has 2 saturated heterocycles. The summed E-state index contributed by atoms with van der Waals surface area (Å²) in [6.07, 6.45) is 0. The molecular formula is C24H41N7. The molecule has 31 heavy (non-hydrogen) atoms. The lowest BCUT2D eigenvalue weighted by Crippen LogP contribution is -2.69. The first-order chi connectivity index (χ1) is 14.8. The molecule has 0 amide bonds. The van der Waals surface area contributed by atoms with Crippen LogP contribution in [0, 0.1) is 13.8 Å². The van der Waals surface area contributed by atoms with Gasteiger partial charge in [-0.25, -0.2) is 4.99 Å². The highest BCUT2D eigenvalue weighted by molar-refractivity contribution is 5.82. The van der Waals surface area contributed by atoms with Crippen LogP contribution in [0.2, 0.25) is 0 Å². The van der Waals surface area contributed by atoms with E-state index in [-0.39, 0.29) is 11.7 Å². The zero-order valence-corrected chi connectivity index (χ0v) is 20.1. The summed E-state index contributed by atoms with van der Waals surface area (Å²) in [5.74, 6) is 0.947. The summed E-state index contributed by atoms with van der Waals surface area (Å²) in [7, 11) is 4.44. The Kier molecular flexibility index (Phi) is 6.86. The lowest BCUT2D eigenvalue weighted by Gasteiger charge is -2.48. The highest BCUT2D eigenvalue weighted by atomic mass is 15.4. The molecule has 0 bridgehead atoms. The van der Waals surface area contributed by atoms with Gasteiger partial charge in [-0.3, -0.25) is 9.80 Å². The second kappa shape index (κ2) is 9.45. The van der Waals surface area contributed by atoms with Crippen molar-refractivity contribution in [2.24, 2.45) is 4.99 Å². The van der Waals surface area contributed by atoms with E-state index < -0.39 is 0 Å². The molecule has 0 aromatic heterocycles. The molecule has 1 aromatic rings. The van der Waals surface area contributed by atoms with E-state index in [1.807, 2.05) is 0 Å². The Morgan fingerprint density at radius 3 is 2.16 bits per heavy atom. The Morgan fingerprint density at radius 2 is 1.55 bits per heavy atom. The molecular weight excluding hydrogens is 386 g/mol. The molecule has 0 aliphatic carbocycles. The van der Waals surface area contributed by atoms with Crippen LogP contribution in [0.3, 0.4) is 0 Å². The molecule has 2 unspecified atom stereocenters. The highest BCUT2D eigenvalue weighted by Crippen LogP contribution is 2.27. The lowest BCUT2D eigenvalue weighted by molar-refractivity contribution is 0.00474. The fourth-order valence-electron chi connectivity index (χ4n) is 5.25. The molecule has 7 heteroatoms. The second-order valence-electron chi connectivity index (χ2n) is 9.95. The van der Waals surface area contributed by atoms with Crippen molar-refractivity contribution in [3.05, 3.63) is 34.9 Å². The van der Waals surface area contributed by atoms with Crippen molar-refractivity contribution in [3.8, 4) is 0 Å². The predicted molar refractivity (Wildman–Crippen MR) is 129 cm³/mol. The number of nitrogens with zero attached hydrogens (tertiary/aromatic N) is 5. The summed E-state index contributed by atoms with van der Waals surface area (Å²) in [5, 5.41) is 7.45. The van der Waals surface area contributed by atoms with Crippen LogP contribution >= 0.6 is 0 Å². The van der Waals surface area contributed by atoms with Crippen molar-refractivity contribution in [3.63, 3.8) is 0 Å². The van der Waals surface area contributed by atoms with Gasteiger partial charge in [0.1, 0.15) is 5.66 Å². The van der Waals surface area contributed by atoms with Gasteiger partial charge >= 0.3 is 0 Å². The van der Waals surface area contributed by atoms with E-state index in [1.54, 1.807) is 0 Å². The molecule has 0 radical (unpaired) electrons. The third-order valence-electron chi connectivity index (χ3n) is 7.34. The van der Waals surface area contributed by atoms with E-state index >= 15 is 0 Å². The maximum Gasteiger partial charge on any atom is 0.193 e. The van der Waals surface area contributed by atoms with Crippen LogP contribution in [0.15, 0.2) is 23.2 Å².